The highest BCUT2D eigenvalue weighted by Crippen LogP contribution is 2.40. The van der Waals surface area contributed by atoms with Gasteiger partial charge in [0.05, 0.1) is 25.7 Å². The number of hydrogen-bond acceptors (Lipinski definition) is 5. The molecule has 1 unspecified atom stereocenters. The molecule has 168 valence electrons. The lowest BCUT2D eigenvalue weighted by molar-refractivity contribution is 0.227. The molecule has 5 nitrogen and oxygen atoms in total. The number of aryl methyl sites for hydroxylation is 1. The van der Waals surface area contributed by atoms with Crippen LogP contribution in [0, 0.1) is 24.2 Å². The van der Waals surface area contributed by atoms with Crippen LogP contribution >= 0.6 is 0 Å². The molecule has 0 fully saturated rings. The minimum atomic E-state index is -0.571. The summed E-state index contributed by atoms with van der Waals surface area (Å²) < 4.78 is 16.7. The fourth-order valence-corrected chi connectivity index (χ4v) is 3.90. The van der Waals surface area contributed by atoms with E-state index in [0.29, 0.717) is 18.1 Å². The van der Waals surface area contributed by atoms with Gasteiger partial charge in [-0.05, 0) is 68.6 Å². The standard InChI is InChI=1S/C26H36N2O3/c1-20(2)26(19-27,22-12-13-24(29-5)25(18-22)30-6)14-9-15-28(4)16-17-31-23-11-8-7-10-21(23)3/h7-8,10-13,18,20H,9,14-17H2,1-6H3. The first-order chi connectivity index (χ1) is 14.9. The summed E-state index contributed by atoms with van der Waals surface area (Å²) >= 11 is 0. The highest BCUT2D eigenvalue weighted by molar-refractivity contribution is 5.47. The normalized spacial score (nSPS) is 13.0. The molecule has 31 heavy (non-hydrogen) atoms. The fourth-order valence-electron chi connectivity index (χ4n) is 3.90. The molecule has 2 rings (SSSR count). The highest BCUT2D eigenvalue weighted by Gasteiger charge is 2.36. The number of nitrogens with zero attached hydrogens (tertiary/aromatic N) is 2. The fraction of sp³-hybridized carbons (Fsp3) is 0.500. The van der Waals surface area contributed by atoms with Gasteiger partial charge in [0.15, 0.2) is 11.5 Å². The molecule has 5 heteroatoms. The van der Waals surface area contributed by atoms with Crippen LogP contribution in [-0.4, -0.2) is 45.9 Å². The SMILES string of the molecule is COc1ccc(C(C#N)(CCCN(C)CCOc2ccccc2C)C(C)C)cc1OC. The summed E-state index contributed by atoms with van der Waals surface area (Å²) in [7, 11) is 5.34. The van der Waals surface area contributed by atoms with Gasteiger partial charge in [-0.15, -0.1) is 0 Å². The van der Waals surface area contributed by atoms with Crippen LogP contribution < -0.4 is 14.2 Å². The third-order valence-electron chi connectivity index (χ3n) is 6.02. The average molecular weight is 425 g/mol. The van der Waals surface area contributed by atoms with E-state index in [2.05, 4.69) is 44.9 Å². The Morgan fingerprint density at radius 2 is 1.71 bits per heavy atom. The number of para-hydroxylation sites is 1. The van der Waals surface area contributed by atoms with Crippen LogP contribution in [-0.2, 0) is 5.41 Å². The van der Waals surface area contributed by atoms with Gasteiger partial charge in [0.2, 0.25) is 0 Å². The third-order valence-corrected chi connectivity index (χ3v) is 6.02. The molecular formula is C26H36N2O3. The summed E-state index contributed by atoms with van der Waals surface area (Å²) in [5.41, 5.74) is 1.56. The van der Waals surface area contributed by atoms with Crippen molar-refractivity contribution in [2.45, 2.75) is 39.0 Å². The first-order valence-corrected chi connectivity index (χ1v) is 10.9. The Labute approximate surface area is 187 Å². The van der Waals surface area contributed by atoms with E-state index in [4.69, 9.17) is 14.2 Å². The van der Waals surface area contributed by atoms with Crippen LogP contribution in [0.25, 0.3) is 0 Å². The van der Waals surface area contributed by atoms with Crippen molar-refractivity contribution < 1.29 is 14.2 Å². The molecule has 0 N–H and O–H groups in total. The maximum Gasteiger partial charge on any atom is 0.161 e. The number of rotatable bonds is 12. The molecular weight excluding hydrogens is 388 g/mol. The zero-order valence-electron chi connectivity index (χ0n) is 19.8. The van der Waals surface area contributed by atoms with Crippen LogP contribution in [0.5, 0.6) is 17.2 Å². The van der Waals surface area contributed by atoms with Crippen molar-refractivity contribution in [1.29, 1.82) is 5.26 Å². The van der Waals surface area contributed by atoms with Gasteiger partial charge in [0.1, 0.15) is 12.4 Å². The summed E-state index contributed by atoms with van der Waals surface area (Å²) in [5, 5.41) is 10.2. The van der Waals surface area contributed by atoms with Crippen molar-refractivity contribution in [3.8, 4) is 23.3 Å². The Balaban J connectivity index is 1.97. The third kappa shape index (κ3) is 6.15. The molecule has 0 amide bonds. The molecule has 2 aromatic rings. The Kier molecular flexibility index (Phi) is 9.21. The van der Waals surface area contributed by atoms with E-state index in [1.54, 1.807) is 14.2 Å². The lowest BCUT2D eigenvalue weighted by Crippen LogP contribution is -2.33. The number of benzene rings is 2. The van der Waals surface area contributed by atoms with Gasteiger partial charge in [-0.2, -0.15) is 5.26 Å². The Bertz CT molecular complexity index is 875. The van der Waals surface area contributed by atoms with E-state index in [-0.39, 0.29) is 5.92 Å². The van der Waals surface area contributed by atoms with Crippen LogP contribution in [0.15, 0.2) is 42.5 Å². The molecule has 0 saturated heterocycles. The number of methoxy groups -OCH3 is 2. The quantitative estimate of drug-likeness (QED) is 0.467. The molecule has 0 radical (unpaired) electrons. The molecule has 0 spiro atoms. The first-order valence-electron chi connectivity index (χ1n) is 10.9. The summed E-state index contributed by atoms with van der Waals surface area (Å²) in [4.78, 5) is 2.26. The number of likely N-dealkylation sites (N-methyl/N-ethyl adjacent to an activating group) is 1. The molecule has 0 aliphatic rings. The topological polar surface area (TPSA) is 54.7 Å². The van der Waals surface area contributed by atoms with Crippen molar-refractivity contribution in [2.24, 2.45) is 5.92 Å². The molecule has 0 bridgehead atoms. The van der Waals surface area contributed by atoms with Gasteiger partial charge >= 0.3 is 0 Å². The predicted octanol–water partition coefficient (Wildman–Crippen LogP) is 5.22. The monoisotopic (exact) mass is 424 g/mol. The Morgan fingerprint density at radius 1 is 1.00 bits per heavy atom. The lowest BCUT2D eigenvalue weighted by atomic mass is 9.69. The summed E-state index contributed by atoms with van der Waals surface area (Å²) in [6.45, 7) is 8.66. The van der Waals surface area contributed by atoms with Crippen molar-refractivity contribution in [1.82, 2.24) is 4.90 Å². The Morgan fingerprint density at radius 3 is 2.32 bits per heavy atom. The van der Waals surface area contributed by atoms with Gasteiger partial charge in [-0.1, -0.05) is 38.1 Å². The predicted molar refractivity (Wildman–Crippen MR) is 125 cm³/mol. The van der Waals surface area contributed by atoms with Gasteiger partial charge in [-0.25, -0.2) is 0 Å². The lowest BCUT2D eigenvalue weighted by Gasteiger charge is -2.32. The van der Waals surface area contributed by atoms with Crippen LogP contribution in [0.4, 0.5) is 0 Å². The summed E-state index contributed by atoms with van der Waals surface area (Å²) in [6, 6.07) is 16.5. The second-order valence-corrected chi connectivity index (χ2v) is 8.33. The van der Waals surface area contributed by atoms with Gasteiger partial charge in [-0.3, -0.25) is 0 Å². The van der Waals surface area contributed by atoms with E-state index in [0.717, 1.165) is 42.8 Å². The molecule has 0 saturated carbocycles. The van der Waals surface area contributed by atoms with E-state index >= 15 is 0 Å². The zero-order valence-corrected chi connectivity index (χ0v) is 19.8. The van der Waals surface area contributed by atoms with Crippen LogP contribution in [0.3, 0.4) is 0 Å². The zero-order chi connectivity index (χ0) is 22.9. The number of nitriles is 1. The van der Waals surface area contributed by atoms with E-state index in [1.165, 1.54) is 0 Å². The molecule has 0 aliphatic heterocycles. The molecule has 0 heterocycles. The molecule has 0 aliphatic carbocycles. The molecule has 2 aromatic carbocycles. The first kappa shape index (κ1) is 24.6. The maximum absolute atomic E-state index is 10.2. The minimum absolute atomic E-state index is 0.172. The number of ether oxygens (including phenoxy) is 3. The summed E-state index contributed by atoms with van der Waals surface area (Å²) in [6.07, 6.45) is 1.70. The van der Waals surface area contributed by atoms with Gasteiger partial charge in [0.25, 0.3) is 0 Å². The second-order valence-electron chi connectivity index (χ2n) is 8.33. The van der Waals surface area contributed by atoms with Crippen molar-refractivity contribution >= 4 is 0 Å². The molecule has 1 atom stereocenters. The number of hydrogen-bond donors (Lipinski definition) is 0. The van der Waals surface area contributed by atoms with Crippen molar-refractivity contribution in [3.63, 3.8) is 0 Å². The maximum atomic E-state index is 10.2. The van der Waals surface area contributed by atoms with Gasteiger partial charge in [0, 0.05) is 6.54 Å². The van der Waals surface area contributed by atoms with E-state index in [1.807, 2.05) is 36.4 Å². The van der Waals surface area contributed by atoms with Crippen LogP contribution in [0.2, 0.25) is 0 Å². The molecule has 0 aromatic heterocycles. The Hall–Kier alpha value is -2.71. The summed E-state index contributed by atoms with van der Waals surface area (Å²) in [5.74, 6) is 2.44. The highest BCUT2D eigenvalue weighted by atomic mass is 16.5. The smallest absolute Gasteiger partial charge is 0.161 e. The van der Waals surface area contributed by atoms with Gasteiger partial charge < -0.3 is 19.1 Å². The average Bonchev–Trinajstić information content (AvgIpc) is 2.77. The van der Waals surface area contributed by atoms with E-state index < -0.39 is 5.41 Å². The largest absolute Gasteiger partial charge is 0.493 e. The second kappa shape index (κ2) is 11.6. The van der Waals surface area contributed by atoms with Crippen molar-refractivity contribution in [2.75, 3.05) is 41.0 Å². The van der Waals surface area contributed by atoms with Crippen LogP contribution in [0.1, 0.15) is 37.8 Å². The van der Waals surface area contributed by atoms with E-state index in [9.17, 15) is 5.26 Å². The van der Waals surface area contributed by atoms with Crippen molar-refractivity contribution in [3.05, 3.63) is 53.6 Å². The minimum Gasteiger partial charge on any atom is -0.493 e.